The minimum Gasteiger partial charge on any atom is -0.497 e. The largest absolute Gasteiger partial charge is 0.497 e. The van der Waals surface area contributed by atoms with Gasteiger partial charge in [0, 0.05) is 18.1 Å². The first kappa shape index (κ1) is 21.8. The molecular weight excluding hydrogens is 358 g/mol. The van der Waals surface area contributed by atoms with Gasteiger partial charge in [-0.1, -0.05) is 0 Å². The molecule has 1 aromatic heterocycles. The zero-order chi connectivity index (χ0) is 21.1. The van der Waals surface area contributed by atoms with Gasteiger partial charge in [0.15, 0.2) is 0 Å². The maximum atomic E-state index is 13.0. The lowest BCUT2D eigenvalue weighted by molar-refractivity contribution is 0.0489. The molecule has 0 spiro atoms. The number of alkyl carbamates (subject to hydrolysis) is 1. The van der Waals surface area contributed by atoms with E-state index < -0.39 is 17.7 Å². The number of nitrogens with one attached hydrogen (secondary N) is 1. The first-order chi connectivity index (χ1) is 13.0. The Labute approximate surface area is 166 Å². The van der Waals surface area contributed by atoms with Crippen molar-refractivity contribution in [3.05, 3.63) is 30.0 Å². The Morgan fingerprint density at radius 3 is 2.50 bits per heavy atom. The van der Waals surface area contributed by atoms with E-state index in [1.807, 2.05) is 38.5 Å². The number of methoxy groups -OCH3 is 1. The minimum absolute atomic E-state index is 0.225. The number of benzene rings is 1. The Balaban J connectivity index is 2.31. The van der Waals surface area contributed by atoms with Gasteiger partial charge in [0.2, 0.25) is 0 Å². The highest BCUT2D eigenvalue weighted by Gasteiger charge is 2.24. The molecule has 1 aromatic carbocycles. The molecule has 0 saturated carbocycles. The van der Waals surface area contributed by atoms with Crippen LogP contribution in [0.4, 0.5) is 4.79 Å². The molecule has 2 rings (SSSR count). The number of fused-ring (bicyclic) bond motifs is 1. The van der Waals surface area contributed by atoms with E-state index >= 15 is 0 Å². The second kappa shape index (κ2) is 8.65. The number of hydrogen-bond donors (Lipinski definition) is 1. The molecule has 1 atom stereocenters. The Hall–Kier alpha value is -2.54. The molecule has 2 aromatic rings. The lowest BCUT2D eigenvalue weighted by atomic mass is 10.1. The van der Waals surface area contributed by atoms with E-state index in [0.29, 0.717) is 0 Å². The molecule has 1 amide bonds. The van der Waals surface area contributed by atoms with E-state index in [1.165, 1.54) is 0 Å². The highest BCUT2D eigenvalue weighted by Crippen LogP contribution is 2.27. The number of carbonyl (C=O) groups is 2. The molecule has 0 aliphatic rings. The van der Waals surface area contributed by atoms with E-state index in [-0.39, 0.29) is 5.91 Å². The normalized spacial score (nSPS) is 12.9. The zero-order valence-electron chi connectivity index (χ0n) is 17.8. The first-order valence-electron chi connectivity index (χ1n) is 9.38. The van der Waals surface area contributed by atoms with Crippen LogP contribution < -0.4 is 10.1 Å². The molecule has 7 heteroatoms. The van der Waals surface area contributed by atoms with Crippen LogP contribution in [-0.2, 0) is 11.2 Å². The number of hydrogen-bond acceptors (Lipinski definition) is 5. The van der Waals surface area contributed by atoms with Crippen LogP contribution in [0.1, 0.15) is 38.1 Å². The van der Waals surface area contributed by atoms with Gasteiger partial charge in [-0.25, -0.2) is 4.79 Å². The fourth-order valence-corrected chi connectivity index (χ4v) is 2.88. The van der Waals surface area contributed by atoms with Crippen LogP contribution in [0.3, 0.4) is 0 Å². The van der Waals surface area contributed by atoms with Gasteiger partial charge in [0.05, 0.1) is 12.6 Å². The summed E-state index contributed by atoms with van der Waals surface area (Å²) in [5.41, 5.74) is 1.22. The summed E-state index contributed by atoms with van der Waals surface area (Å²) in [4.78, 5) is 27.1. The van der Waals surface area contributed by atoms with Crippen LogP contribution in [0.5, 0.6) is 5.75 Å². The molecule has 1 heterocycles. The molecule has 0 aliphatic carbocycles. The van der Waals surface area contributed by atoms with Gasteiger partial charge in [-0.2, -0.15) is 0 Å². The van der Waals surface area contributed by atoms with Crippen molar-refractivity contribution in [2.75, 3.05) is 27.7 Å². The van der Waals surface area contributed by atoms with Crippen molar-refractivity contribution in [1.29, 1.82) is 0 Å². The van der Waals surface area contributed by atoms with Gasteiger partial charge in [-0.05, 0) is 72.0 Å². The average molecular weight is 389 g/mol. The zero-order valence-corrected chi connectivity index (χ0v) is 17.8. The monoisotopic (exact) mass is 389 g/mol. The van der Waals surface area contributed by atoms with Crippen molar-refractivity contribution in [2.24, 2.45) is 0 Å². The predicted octanol–water partition coefficient (Wildman–Crippen LogP) is 3.31. The topological polar surface area (TPSA) is 72.8 Å². The predicted molar refractivity (Wildman–Crippen MR) is 110 cm³/mol. The molecule has 1 N–H and O–H groups in total. The van der Waals surface area contributed by atoms with E-state index in [1.54, 1.807) is 39.4 Å². The van der Waals surface area contributed by atoms with Crippen LogP contribution >= 0.6 is 0 Å². The van der Waals surface area contributed by atoms with Gasteiger partial charge in [0.1, 0.15) is 17.4 Å². The quantitative estimate of drug-likeness (QED) is 0.821. The summed E-state index contributed by atoms with van der Waals surface area (Å²) in [6, 6.07) is 4.91. The molecule has 0 radical (unpaired) electrons. The number of nitrogens with zero attached hydrogens (tertiary/aromatic N) is 2. The van der Waals surface area contributed by atoms with Crippen LogP contribution in [0, 0.1) is 0 Å². The summed E-state index contributed by atoms with van der Waals surface area (Å²) in [5.74, 6) is 0.515. The van der Waals surface area contributed by atoms with Crippen LogP contribution in [0.25, 0.3) is 10.9 Å². The van der Waals surface area contributed by atoms with Crippen LogP contribution in [0.15, 0.2) is 24.4 Å². The highest BCUT2D eigenvalue weighted by atomic mass is 16.6. The Morgan fingerprint density at radius 1 is 1.25 bits per heavy atom. The lowest BCUT2D eigenvalue weighted by Crippen LogP contribution is -2.43. The molecule has 0 aliphatic heterocycles. The smallest absolute Gasteiger partial charge is 0.408 e. The minimum atomic E-state index is -0.728. The first-order valence-corrected chi connectivity index (χ1v) is 9.38. The number of likely N-dealkylation sites (N-methyl/N-ethyl adjacent to an activating group) is 1. The van der Waals surface area contributed by atoms with E-state index in [2.05, 4.69) is 10.2 Å². The van der Waals surface area contributed by atoms with Gasteiger partial charge >= 0.3 is 6.09 Å². The highest BCUT2D eigenvalue weighted by molar-refractivity contribution is 5.98. The molecular formula is C21H31N3O4. The summed E-state index contributed by atoms with van der Waals surface area (Å²) in [7, 11) is 5.64. The Bertz CT molecular complexity index is 849. The van der Waals surface area contributed by atoms with Crippen molar-refractivity contribution in [2.45, 2.75) is 45.8 Å². The molecule has 7 nitrogen and oxygen atoms in total. The summed E-state index contributed by atoms with van der Waals surface area (Å²) >= 11 is 0. The number of aromatic nitrogens is 1. The third-order valence-electron chi connectivity index (χ3n) is 4.26. The summed E-state index contributed by atoms with van der Waals surface area (Å²) in [6.45, 7) is 7.85. The van der Waals surface area contributed by atoms with Crippen molar-refractivity contribution >= 4 is 22.9 Å². The fraction of sp³-hybridized carbons (Fsp3) is 0.524. The average Bonchev–Trinajstić information content (AvgIpc) is 2.95. The molecule has 28 heavy (non-hydrogen) atoms. The van der Waals surface area contributed by atoms with E-state index in [0.717, 1.165) is 35.2 Å². The van der Waals surface area contributed by atoms with E-state index in [9.17, 15) is 9.59 Å². The number of carbonyl (C=O) groups excluding carboxylic acids is 2. The van der Waals surface area contributed by atoms with E-state index in [4.69, 9.17) is 9.47 Å². The van der Waals surface area contributed by atoms with Gasteiger partial charge in [-0.15, -0.1) is 0 Å². The number of rotatable bonds is 6. The van der Waals surface area contributed by atoms with Crippen molar-refractivity contribution in [1.82, 2.24) is 14.8 Å². The maximum Gasteiger partial charge on any atom is 0.408 e. The molecule has 0 unspecified atom stereocenters. The summed E-state index contributed by atoms with van der Waals surface area (Å²) in [6.07, 6.45) is 2.04. The number of amides is 1. The standard InChI is InChI=1S/C21H31N3O4/c1-14(22-20(26)28-21(2,3)4)19(25)24-13-15(10-11-23(5)6)17-12-16(27-7)8-9-18(17)24/h8-9,12-14H,10-11H2,1-7H3,(H,22,26)/t14-/m0/s1. The molecule has 154 valence electrons. The third-order valence-corrected chi connectivity index (χ3v) is 4.26. The van der Waals surface area contributed by atoms with Crippen molar-refractivity contribution in [3.63, 3.8) is 0 Å². The van der Waals surface area contributed by atoms with Gasteiger partial charge < -0.3 is 19.7 Å². The Morgan fingerprint density at radius 2 is 1.93 bits per heavy atom. The molecule has 0 fully saturated rings. The fourth-order valence-electron chi connectivity index (χ4n) is 2.88. The SMILES string of the molecule is COc1ccc2c(c1)c(CCN(C)C)cn2C(=O)[C@H](C)NC(=O)OC(C)(C)C. The Kier molecular flexibility index (Phi) is 6.72. The third kappa shape index (κ3) is 5.48. The van der Waals surface area contributed by atoms with Crippen molar-refractivity contribution < 1.29 is 19.1 Å². The van der Waals surface area contributed by atoms with Gasteiger partial charge in [-0.3, -0.25) is 9.36 Å². The lowest BCUT2D eigenvalue weighted by Gasteiger charge is -2.21. The summed E-state index contributed by atoms with van der Waals surface area (Å²) < 4.78 is 12.2. The van der Waals surface area contributed by atoms with Crippen LogP contribution in [0.2, 0.25) is 0 Å². The van der Waals surface area contributed by atoms with Crippen LogP contribution in [-0.4, -0.2) is 60.9 Å². The number of ether oxygens (including phenoxy) is 2. The molecule has 0 saturated heterocycles. The second-order valence-corrected chi connectivity index (χ2v) is 8.17. The van der Waals surface area contributed by atoms with Crippen molar-refractivity contribution in [3.8, 4) is 5.75 Å². The summed E-state index contributed by atoms with van der Waals surface area (Å²) in [5, 5.41) is 3.59. The van der Waals surface area contributed by atoms with Gasteiger partial charge in [0.25, 0.3) is 5.91 Å². The molecule has 0 bridgehead atoms. The second-order valence-electron chi connectivity index (χ2n) is 8.17. The maximum absolute atomic E-state index is 13.0.